The van der Waals surface area contributed by atoms with Gasteiger partial charge in [0, 0.05) is 49.2 Å². The average molecular weight is 446 g/mol. The molecule has 0 radical (unpaired) electrons. The first kappa shape index (κ1) is 21.2. The van der Waals surface area contributed by atoms with Crippen LogP contribution in [0.5, 0.6) is 17.2 Å². The number of halogens is 1. The zero-order valence-electron chi connectivity index (χ0n) is 17.6. The number of carbonyl (C=O) groups excluding carboxylic acids is 2. The van der Waals surface area contributed by atoms with Crippen LogP contribution in [0.1, 0.15) is 30.1 Å². The molecule has 1 aromatic carbocycles. The fourth-order valence-electron chi connectivity index (χ4n) is 4.17. The maximum Gasteiger partial charge on any atom is 0.236 e. The number of rotatable bonds is 7. The van der Waals surface area contributed by atoms with Crippen LogP contribution < -0.4 is 19.5 Å². The van der Waals surface area contributed by atoms with Crippen molar-refractivity contribution in [2.45, 2.75) is 31.9 Å². The van der Waals surface area contributed by atoms with Crippen molar-refractivity contribution in [3.8, 4) is 17.2 Å². The summed E-state index contributed by atoms with van der Waals surface area (Å²) in [7, 11) is 2.90. The molecular weight excluding hydrogens is 422 g/mol. The van der Waals surface area contributed by atoms with E-state index in [4.69, 9.17) is 25.8 Å². The van der Waals surface area contributed by atoms with Gasteiger partial charge in [0.05, 0.1) is 14.2 Å². The van der Waals surface area contributed by atoms with Gasteiger partial charge in [-0.05, 0) is 18.9 Å². The lowest BCUT2D eigenvalue weighted by Gasteiger charge is -2.35. The predicted octanol–water partition coefficient (Wildman–Crippen LogP) is 3.04. The van der Waals surface area contributed by atoms with E-state index < -0.39 is 23.1 Å². The molecule has 0 bridgehead atoms. The van der Waals surface area contributed by atoms with Gasteiger partial charge in [-0.2, -0.15) is 5.10 Å². The minimum Gasteiger partial charge on any atom is -0.496 e. The van der Waals surface area contributed by atoms with Crippen LogP contribution >= 0.6 is 11.6 Å². The van der Waals surface area contributed by atoms with E-state index in [-0.39, 0.29) is 22.1 Å². The Morgan fingerprint density at radius 3 is 2.74 bits per heavy atom. The summed E-state index contributed by atoms with van der Waals surface area (Å²) in [4.78, 5) is 26.7. The van der Waals surface area contributed by atoms with Gasteiger partial charge in [0.2, 0.25) is 17.2 Å². The maximum absolute atomic E-state index is 13.4. The van der Waals surface area contributed by atoms with E-state index in [1.54, 1.807) is 6.20 Å². The number of aromatic nitrogens is 2. The van der Waals surface area contributed by atoms with Crippen LogP contribution in [-0.4, -0.2) is 47.7 Å². The van der Waals surface area contributed by atoms with Crippen LogP contribution in [0.4, 0.5) is 0 Å². The number of carbonyl (C=O) groups is 2. The van der Waals surface area contributed by atoms with Crippen molar-refractivity contribution in [1.29, 1.82) is 0 Å². The lowest BCUT2D eigenvalue weighted by Crippen LogP contribution is -2.55. The van der Waals surface area contributed by atoms with Crippen molar-refractivity contribution in [3.05, 3.63) is 46.9 Å². The molecule has 0 amide bonds. The minimum absolute atomic E-state index is 0.132. The number of Topliss-reactive ketones (excluding diaryl/α,β-unsaturated/α-hetero) is 1. The second-order valence-electron chi connectivity index (χ2n) is 7.65. The molecule has 8 nitrogen and oxygen atoms in total. The molecule has 1 aromatic heterocycles. The second-order valence-corrected chi connectivity index (χ2v) is 8.03. The summed E-state index contributed by atoms with van der Waals surface area (Å²) >= 11 is 6.40. The Balaban J connectivity index is 1.55. The molecule has 2 aliphatic rings. The normalized spacial score (nSPS) is 22.2. The van der Waals surface area contributed by atoms with Gasteiger partial charge < -0.3 is 19.5 Å². The Morgan fingerprint density at radius 1 is 1.32 bits per heavy atom. The highest BCUT2D eigenvalue weighted by atomic mass is 35.5. The van der Waals surface area contributed by atoms with Crippen molar-refractivity contribution in [1.82, 2.24) is 15.1 Å². The van der Waals surface area contributed by atoms with Gasteiger partial charge >= 0.3 is 0 Å². The summed E-state index contributed by atoms with van der Waals surface area (Å²) in [6.45, 7) is 3.29. The van der Waals surface area contributed by atoms with Crippen LogP contribution in [-0.2, 0) is 11.3 Å². The third-order valence-electron chi connectivity index (χ3n) is 5.79. The van der Waals surface area contributed by atoms with Crippen LogP contribution in [0.3, 0.4) is 0 Å². The average Bonchev–Trinajstić information content (AvgIpc) is 3.38. The van der Waals surface area contributed by atoms with Gasteiger partial charge in [0.1, 0.15) is 22.1 Å². The highest BCUT2D eigenvalue weighted by Gasteiger charge is 2.60. The van der Waals surface area contributed by atoms with Gasteiger partial charge in [-0.15, -0.1) is 0 Å². The first-order chi connectivity index (χ1) is 14.9. The molecule has 9 heteroatoms. The Labute approximate surface area is 185 Å². The van der Waals surface area contributed by atoms with Crippen molar-refractivity contribution in [3.63, 3.8) is 0 Å². The number of ether oxygens (including phenoxy) is 3. The third-order valence-corrected chi connectivity index (χ3v) is 6.14. The fraction of sp³-hybridized carbons (Fsp3) is 0.409. The van der Waals surface area contributed by atoms with E-state index in [1.807, 2.05) is 23.9 Å². The molecule has 2 heterocycles. The summed E-state index contributed by atoms with van der Waals surface area (Å²) in [5.41, 5.74) is -0.685. The molecule has 2 unspecified atom stereocenters. The molecular formula is C22H24ClN3O5. The lowest BCUT2D eigenvalue weighted by atomic mass is 9.74. The Hall–Kier alpha value is -3.00. The molecule has 2 aromatic rings. The summed E-state index contributed by atoms with van der Waals surface area (Å²) < 4.78 is 18.5. The minimum atomic E-state index is -1.65. The van der Waals surface area contributed by atoms with Crippen LogP contribution in [0.25, 0.3) is 0 Å². The maximum atomic E-state index is 13.4. The van der Waals surface area contributed by atoms with Crippen molar-refractivity contribution < 1.29 is 23.8 Å². The molecule has 1 aliphatic carbocycles. The summed E-state index contributed by atoms with van der Waals surface area (Å²) in [5.74, 6) is -0.523. The standard InChI is InChI=1S/C22H24ClN3O5/c1-13-10-14(24-6-4-8-26-9-5-7-25-26)11-17(27)22(13)21(28)18-15(29-2)12-16(30-3)19(23)20(18)31-22/h5,7,9,11-13,24H,4,6,8,10H2,1-3H3. The number of fused-ring (bicyclic) bond motifs is 1. The number of allylic oxidation sites excluding steroid dienone is 1. The summed E-state index contributed by atoms with van der Waals surface area (Å²) in [5, 5.41) is 7.62. The van der Waals surface area contributed by atoms with Crippen molar-refractivity contribution in [2.75, 3.05) is 20.8 Å². The zero-order chi connectivity index (χ0) is 22.2. The fourth-order valence-corrected chi connectivity index (χ4v) is 4.44. The summed E-state index contributed by atoms with van der Waals surface area (Å²) in [6, 6.07) is 3.41. The number of nitrogens with one attached hydrogen (secondary N) is 1. The van der Waals surface area contributed by atoms with E-state index in [0.717, 1.165) is 18.7 Å². The molecule has 1 N–H and O–H groups in total. The van der Waals surface area contributed by atoms with Gasteiger partial charge in [-0.25, -0.2) is 0 Å². The van der Waals surface area contributed by atoms with E-state index in [2.05, 4.69) is 10.4 Å². The zero-order valence-corrected chi connectivity index (χ0v) is 18.4. The first-order valence-corrected chi connectivity index (χ1v) is 10.4. The van der Waals surface area contributed by atoms with Crippen LogP contribution in [0.15, 0.2) is 36.3 Å². The number of hydrogen-bond donors (Lipinski definition) is 1. The van der Waals surface area contributed by atoms with Gasteiger partial charge in [-0.3, -0.25) is 14.3 Å². The smallest absolute Gasteiger partial charge is 0.236 e. The molecule has 0 saturated carbocycles. The second kappa shape index (κ2) is 8.26. The highest BCUT2D eigenvalue weighted by Crippen LogP contribution is 2.52. The SMILES string of the molecule is COc1cc(OC)c2c(c1Cl)OC1(C(=O)C=C(NCCCn3cccn3)CC1C)C2=O. The Kier molecular flexibility index (Phi) is 5.66. The molecule has 0 fully saturated rings. The number of ketones is 2. The van der Waals surface area contributed by atoms with E-state index in [9.17, 15) is 9.59 Å². The number of benzene rings is 1. The van der Waals surface area contributed by atoms with E-state index >= 15 is 0 Å². The highest BCUT2D eigenvalue weighted by molar-refractivity contribution is 6.36. The summed E-state index contributed by atoms with van der Waals surface area (Å²) in [6.07, 6.45) is 6.45. The van der Waals surface area contributed by atoms with Crippen LogP contribution in [0.2, 0.25) is 5.02 Å². The van der Waals surface area contributed by atoms with E-state index in [1.165, 1.54) is 26.4 Å². The molecule has 1 aliphatic heterocycles. The number of hydrogen-bond acceptors (Lipinski definition) is 7. The Morgan fingerprint density at radius 2 is 2.10 bits per heavy atom. The van der Waals surface area contributed by atoms with Gasteiger partial charge in [-0.1, -0.05) is 18.5 Å². The molecule has 4 rings (SSSR count). The predicted molar refractivity (Wildman–Crippen MR) is 114 cm³/mol. The quantitative estimate of drug-likeness (QED) is 0.517. The molecule has 31 heavy (non-hydrogen) atoms. The lowest BCUT2D eigenvalue weighted by molar-refractivity contribution is -0.129. The monoisotopic (exact) mass is 445 g/mol. The first-order valence-electron chi connectivity index (χ1n) is 10.1. The molecule has 0 saturated heterocycles. The van der Waals surface area contributed by atoms with Gasteiger partial charge in [0.15, 0.2) is 5.75 Å². The van der Waals surface area contributed by atoms with Crippen molar-refractivity contribution in [2.24, 2.45) is 5.92 Å². The molecule has 164 valence electrons. The third kappa shape index (κ3) is 3.44. The van der Waals surface area contributed by atoms with Gasteiger partial charge in [0.25, 0.3) is 0 Å². The largest absolute Gasteiger partial charge is 0.496 e. The number of aryl methyl sites for hydroxylation is 1. The van der Waals surface area contributed by atoms with Crippen LogP contribution in [0, 0.1) is 5.92 Å². The topological polar surface area (TPSA) is 91.7 Å². The number of nitrogens with zero attached hydrogens (tertiary/aromatic N) is 2. The molecule has 2 atom stereocenters. The molecule has 1 spiro atoms. The Bertz CT molecular complexity index is 1050. The van der Waals surface area contributed by atoms with E-state index in [0.29, 0.717) is 18.7 Å². The van der Waals surface area contributed by atoms with Crippen molar-refractivity contribution >= 4 is 23.2 Å². The number of methoxy groups -OCH3 is 2.